The van der Waals surface area contributed by atoms with Crippen LogP contribution in [0.3, 0.4) is 0 Å². The van der Waals surface area contributed by atoms with Crippen LogP contribution >= 0.6 is 27.3 Å². The van der Waals surface area contributed by atoms with Crippen molar-refractivity contribution in [1.82, 2.24) is 15.0 Å². The van der Waals surface area contributed by atoms with E-state index in [9.17, 15) is 4.79 Å². The van der Waals surface area contributed by atoms with Gasteiger partial charge in [-0.05, 0) is 40.2 Å². The Hall–Kier alpha value is -1.79. The van der Waals surface area contributed by atoms with Crippen molar-refractivity contribution in [2.45, 2.75) is 0 Å². The van der Waals surface area contributed by atoms with Crippen LogP contribution in [0.2, 0.25) is 0 Å². The number of fused-ring (bicyclic) bond motifs is 1. The number of nitrogens with zero attached hydrogens (tertiary/aromatic N) is 2. The van der Waals surface area contributed by atoms with E-state index in [-0.39, 0.29) is 5.56 Å². The van der Waals surface area contributed by atoms with Crippen LogP contribution < -0.4 is 5.56 Å². The predicted molar refractivity (Wildman–Crippen MR) is 81.1 cm³/mol. The second kappa shape index (κ2) is 5.07. The largest absolute Gasteiger partial charge is 0.306 e. The van der Waals surface area contributed by atoms with Gasteiger partial charge in [0.05, 0.1) is 17.1 Å². The number of thiophene rings is 1. The van der Waals surface area contributed by atoms with Crippen molar-refractivity contribution in [3.63, 3.8) is 0 Å². The van der Waals surface area contributed by atoms with Gasteiger partial charge in [0.25, 0.3) is 5.56 Å². The SMILES string of the molecule is O=c1[nH]c(C=Cc2cc(Br)cs2)nc2cnccc12. The summed E-state index contributed by atoms with van der Waals surface area (Å²) in [5, 5.41) is 2.55. The molecule has 3 aromatic rings. The molecule has 0 fully saturated rings. The van der Waals surface area contributed by atoms with Crippen LogP contribution in [0.1, 0.15) is 10.7 Å². The summed E-state index contributed by atoms with van der Waals surface area (Å²) in [6.07, 6.45) is 6.86. The van der Waals surface area contributed by atoms with Gasteiger partial charge in [0, 0.05) is 20.9 Å². The van der Waals surface area contributed by atoms with E-state index < -0.39 is 0 Å². The molecule has 0 atom stereocenters. The molecule has 94 valence electrons. The first-order chi connectivity index (χ1) is 9.22. The molecule has 0 amide bonds. The van der Waals surface area contributed by atoms with Crippen molar-refractivity contribution < 1.29 is 0 Å². The molecule has 3 rings (SSSR count). The summed E-state index contributed by atoms with van der Waals surface area (Å²) in [5.74, 6) is 0.523. The zero-order valence-electron chi connectivity index (χ0n) is 9.63. The minimum atomic E-state index is -0.153. The first-order valence-electron chi connectivity index (χ1n) is 5.48. The third-order valence-electron chi connectivity index (χ3n) is 2.52. The van der Waals surface area contributed by atoms with Crippen molar-refractivity contribution in [2.24, 2.45) is 0 Å². The molecule has 6 heteroatoms. The molecular weight excluding hydrogens is 326 g/mol. The van der Waals surface area contributed by atoms with E-state index in [1.807, 2.05) is 17.5 Å². The third kappa shape index (κ3) is 2.64. The number of H-pyrrole nitrogens is 1. The number of rotatable bonds is 2. The molecule has 19 heavy (non-hydrogen) atoms. The second-order valence-corrected chi connectivity index (χ2v) is 5.70. The van der Waals surface area contributed by atoms with E-state index >= 15 is 0 Å². The van der Waals surface area contributed by atoms with E-state index in [4.69, 9.17) is 0 Å². The van der Waals surface area contributed by atoms with E-state index in [1.54, 1.807) is 35.9 Å². The van der Waals surface area contributed by atoms with Crippen LogP contribution in [0.5, 0.6) is 0 Å². The highest BCUT2D eigenvalue weighted by Crippen LogP contribution is 2.21. The highest BCUT2D eigenvalue weighted by atomic mass is 79.9. The number of aromatic nitrogens is 3. The molecule has 0 radical (unpaired) electrons. The van der Waals surface area contributed by atoms with Gasteiger partial charge in [0.2, 0.25) is 0 Å². The van der Waals surface area contributed by atoms with E-state index in [1.165, 1.54) is 0 Å². The molecule has 0 aliphatic heterocycles. The maximum Gasteiger partial charge on any atom is 0.259 e. The lowest BCUT2D eigenvalue weighted by molar-refractivity contribution is 1.13. The summed E-state index contributed by atoms with van der Waals surface area (Å²) in [6, 6.07) is 3.66. The molecule has 3 heterocycles. The fourth-order valence-electron chi connectivity index (χ4n) is 1.66. The summed E-state index contributed by atoms with van der Waals surface area (Å²) in [6.45, 7) is 0. The molecule has 0 aliphatic rings. The van der Waals surface area contributed by atoms with E-state index in [0.717, 1.165) is 9.35 Å². The van der Waals surface area contributed by atoms with Crippen LogP contribution in [0.4, 0.5) is 0 Å². The van der Waals surface area contributed by atoms with Gasteiger partial charge < -0.3 is 4.98 Å². The minimum Gasteiger partial charge on any atom is -0.306 e. The van der Waals surface area contributed by atoms with Crippen molar-refractivity contribution in [3.05, 3.63) is 55.4 Å². The molecule has 0 aromatic carbocycles. The van der Waals surface area contributed by atoms with Crippen LogP contribution in [0.15, 0.2) is 39.2 Å². The molecule has 0 bridgehead atoms. The smallest absolute Gasteiger partial charge is 0.259 e. The van der Waals surface area contributed by atoms with Crippen LogP contribution in [-0.4, -0.2) is 15.0 Å². The fourth-order valence-corrected chi connectivity index (χ4v) is 3.00. The summed E-state index contributed by atoms with van der Waals surface area (Å²) in [7, 11) is 0. The third-order valence-corrected chi connectivity index (χ3v) is 4.18. The van der Waals surface area contributed by atoms with E-state index in [2.05, 4.69) is 30.9 Å². The lowest BCUT2D eigenvalue weighted by atomic mass is 10.3. The molecule has 3 aromatic heterocycles. The van der Waals surface area contributed by atoms with Gasteiger partial charge in [0.15, 0.2) is 0 Å². The Balaban J connectivity index is 2.02. The topological polar surface area (TPSA) is 58.6 Å². The molecular formula is C13H8BrN3OS. The Kier molecular flexibility index (Phi) is 3.27. The average Bonchev–Trinajstić information content (AvgIpc) is 2.82. The maximum atomic E-state index is 11.9. The molecule has 0 unspecified atom stereocenters. The lowest BCUT2D eigenvalue weighted by Crippen LogP contribution is -2.09. The summed E-state index contributed by atoms with van der Waals surface area (Å²) < 4.78 is 1.04. The zero-order chi connectivity index (χ0) is 13.2. The van der Waals surface area contributed by atoms with Crippen molar-refractivity contribution in [1.29, 1.82) is 0 Å². The summed E-state index contributed by atoms with van der Waals surface area (Å²) in [4.78, 5) is 24.0. The second-order valence-electron chi connectivity index (χ2n) is 3.84. The fraction of sp³-hybridized carbons (Fsp3) is 0. The van der Waals surface area contributed by atoms with E-state index in [0.29, 0.717) is 16.7 Å². The Morgan fingerprint density at radius 1 is 1.37 bits per heavy atom. The normalized spacial score (nSPS) is 11.4. The standard InChI is InChI=1S/C13H8BrN3OS/c14-8-5-9(19-7-8)1-2-12-16-11-6-15-4-3-10(11)13(18)17-12/h1-7H,(H,16,17,18). The molecule has 0 aliphatic carbocycles. The Morgan fingerprint density at radius 2 is 2.26 bits per heavy atom. The van der Waals surface area contributed by atoms with Crippen LogP contribution in [0, 0.1) is 0 Å². The monoisotopic (exact) mass is 333 g/mol. The maximum absolute atomic E-state index is 11.9. The highest BCUT2D eigenvalue weighted by Gasteiger charge is 2.01. The number of pyridine rings is 1. The first-order valence-corrected chi connectivity index (χ1v) is 7.16. The lowest BCUT2D eigenvalue weighted by Gasteiger charge is -1.97. The number of hydrogen-bond acceptors (Lipinski definition) is 4. The van der Waals surface area contributed by atoms with Crippen LogP contribution in [0.25, 0.3) is 23.1 Å². The van der Waals surface area contributed by atoms with Gasteiger partial charge in [-0.2, -0.15) is 0 Å². The predicted octanol–water partition coefficient (Wildman–Crippen LogP) is 3.31. The number of halogens is 1. The van der Waals surface area contributed by atoms with Crippen molar-refractivity contribution in [3.8, 4) is 0 Å². The Labute approximate surface area is 121 Å². The summed E-state index contributed by atoms with van der Waals surface area (Å²) >= 11 is 5.01. The average molecular weight is 334 g/mol. The highest BCUT2D eigenvalue weighted by molar-refractivity contribution is 9.10. The van der Waals surface area contributed by atoms with Gasteiger partial charge in [-0.25, -0.2) is 4.98 Å². The minimum absolute atomic E-state index is 0.153. The first kappa shape index (κ1) is 12.3. The molecule has 0 spiro atoms. The van der Waals surface area contributed by atoms with Gasteiger partial charge in [-0.3, -0.25) is 9.78 Å². The zero-order valence-corrected chi connectivity index (χ0v) is 12.0. The molecule has 4 nitrogen and oxygen atoms in total. The van der Waals surface area contributed by atoms with Gasteiger partial charge in [-0.1, -0.05) is 0 Å². The van der Waals surface area contributed by atoms with Gasteiger partial charge >= 0.3 is 0 Å². The number of hydrogen-bond donors (Lipinski definition) is 1. The Bertz CT molecular complexity index is 822. The number of aromatic amines is 1. The molecule has 1 N–H and O–H groups in total. The Morgan fingerprint density at radius 3 is 3.05 bits per heavy atom. The number of nitrogens with one attached hydrogen (secondary N) is 1. The van der Waals surface area contributed by atoms with Crippen LogP contribution in [-0.2, 0) is 0 Å². The quantitative estimate of drug-likeness (QED) is 0.782. The van der Waals surface area contributed by atoms with Gasteiger partial charge in [-0.15, -0.1) is 11.3 Å². The van der Waals surface area contributed by atoms with Crippen molar-refractivity contribution >= 4 is 50.3 Å². The van der Waals surface area contributed by atoms with Crippen molar-refractivity contribution in [2.75, 3.05) is 0 Å². The summed E-state index contributed by atoms with van der Waals surface area (Å²) in [5.41, 5.74) is 0.442. The molecule has 0 saturated heterocycles. The molecule has 0 saturated carbocycles. The van der Waals surface area contributed by atoms with Gasteiger partial charge in [0.1, 0.15) is 5.82 Å².